The van der Waals surface area contributed by atoms with Gasteiger partial charge in [-0.15, -0.1) is 0 Å². The zero-order valence-electron chi connectivity index (χ0n) is 17.9. The van der Waals surface area contributed by atoms with Gasteiger partial charge in [0.15, 0.2) is 11.5 Å². The van der Waals surface area contributed by atoms with E-state index in [-0.39, 0.29) is 16.4 Å². The molecular formula is C22H23BrN6O3S. The minimum Gasteiger partial charge on any atom is -0.382 e. The molecule has 0 spiro atoms. The highest BCUT2D eigenvalue weighted by Crippen LogP contribution is 2.24. The van der Waals surface area contributed by atoms with Crippen molar-refractivity contribution in [2.75, 3.05) is 44.3 Å². The molecule has 2 heterocycles. The molecule has 3 N–H and O–H groups in total. The fourth-order valence-electron chi connectivity index (χ4n) is 3.44. The number of carbonyl (C=O) groups excluding carboxylic acids is 1. The van der Waals surface area contributed by atoms with E-state index in [0.29, 0.717) is 43.1 Å². The number of aromatic nitrogens is 2. The van der Waals surface area contributed by atoms with Gasteiger partial charge in [-0.05, 0) is 37.4 Å². The third-order valence-electron chi connectivity index (χ3n) is 5.35. The molecule has 9 nitrogen and oxygen atoms in total. The first kappa shape index (κ1) is 23.3. The summed E-state index contributed by atoms with van der Waals surface area (Å²) in [6.07, 6.45) is 1.45. The topological polar surface area (TPSA) is 122 Å². The highest BCUT2D eigenvalue weighted by atomic mass is 79.9. The van der Waals surface area contributed by atoms with E-state index in [9.17, 15) is 13.2 Å². The molecule has 1 amide bonds. The van der Waals surface area contributed by atoms with Gasteiger partial charge in [-0.2, -0.15) is 4.31 Å². The Hall–Kier alpha value is -2.86. The SMILES string of the molecule is CN1CCN(S(=O)(=O)c2ccc(-c3cnc(N)c(C(=O)Nc4cccc(Br)c4)n3)cc2)CC1. The molecule has 2 aromatic carbocycles. The summed E-state index contributed by atoms with van der Waals surface area (Å²) in [5, 5.41) is 2.75. The third-order valence-corrected chi connectivity index (χ3v) is 7.75. The lowest BCUT2D eigenvalue weighted by Gasteiger charge is -2.31. The van der Waals surface area contributed by atoms with Crippen LogP contribution in [0.4, 0.5) is 11.5 Å². The first-order valence-corrected chi connectivity index (χ1v) is 12.5. The maximum absolute atomic E-state index is 12.9. The molecular weight excluding hydrogens is 508 g/mol. The molecule has 0 bridgehead atoms. The second kappa shape index (κ2) is 9.56. The van der Waals surface area contributed by atoms with Crippen LogP contribution >= 0.6 is 15.9 Å². The van der Waals surface area contributed by atoms with Gasteiger partial charge in [0.05, 0.1) is 16.8 Å². The van der Waals surface area contributed by atoms with Crippen LogP contribution < -0.4 is 11.1 Å². The van der Waals surface area contributed by atoms with Crippen molar-refractivity contribution in [2.24, 2.45) is 0 Å². The maximum atomic E-state index is 12.9. The van der Waals surface area contributed by atoms with Crippen LogP contribution in [0.2, 0.25) is 0 Å². The van der Waals surface area contributed by atoms with Crippen LogP contribution in [-0.4, -0.2) is 66.7 Å². The Morgan fingerprint density at radius 2 is 1.79 bits per heavy atom. The minimum absolute atomic E-state index is 0.000473. The molecule has 0 unspecified atom stereocenters. The van der Waals surface area contributed by atoms with Crippen molar-refractivity contribution in [1.29, 1.82) is 0 Å². The molecule has 172 valence electrons. The number of nitrogens with two attached hydrogens (primary N) is 1. The average molecular weight is 531 g/mol. The summed E-state index contributed by atoms with van der Waals surface area (Å²) in [5.41, 5.74) is 7.49. The lowest BCUT2D eigenvalue weighted by atomic mass is 10.1. The number of halogens is 1. The monoisotopic (exact) mass is 530 g/mol. The molecule has 1 fully saturated rings. The van der Waals surface area contributed by atoms with E-state index in [1.807, 2.05) is 13.1 Å². The highest BCUT2D eigenvalue weighted by Gasteiger charge is 2.27. The second-order valence-electron chi connectivity index (χ2n) is 7.69. The number of hydrogen-bond acceptors (Lipinski definition) is 7. The van der Waals surface area contributed by atoms with E-state index in [4.69, 9.17) is 5.73 Å². The zero-order chi connectivity index (χ0) is 23.6. The lowest BCUT2D eigenvalue weighted by Crippen LogP contribution is -2.46. The first-order valence-electron chi connectivity index (χ1n) is 10.2. The molecule has 1 aliphatic heterocycles. The molecule has 0 atom stereocenters. The zero-order valence-corrected chi connectivity index (χ0v) is 20.3. The van der Waals surface area contributed by atoms with Crippen LogP contribution in [0, 0.1) is 0 Å². The summed E-state index contributed by atoms with van der Waals surface area (Å²) in [6.45, 7) is 2.31. The summed E-state index contributed by atoms with van der Waals surface area (Å²) < 4.78 is 28.2. The van der Waals surface area contributed by atoms with E-state index < -0.39 is 15.9 Å². The first-order chi connectivity index (χ1) is 15.7. The number of sulfonamides is 1. The molecule has 4 rings (SSSR count). The average Bonchev–Trinajstić information content (AvgIpc) is 2.80. The molecule has 33 heavy (non-hydrogen) atoms. The summed E-state index contributed by atoms with van der Waals surface area (Å²) in [6, 6.07) is 13.5. The Balaban J connectivity index is 1.55. The van der Waals surface area contributed by atoms with Gasteiger partial charge >= 0.3 is 0 Å². The molecule has 0 saturated carbocycles. The highest BCUT2D eigenvalue weighted by molar-refractivity contribution is 9.10. The number of likely N-dealkylation sites (N-methyl/N-ethyl adjacent to an activating group) is 1. The lowest BCUT2D eigenvalue weighted by molar-refractivity contribution is 0.102. The van der Waals surface area contributed by atoms with Gasteiger partial charge in [0.1, 0.15) is 0 Å². The Labute approximate surface area is 200 Å². The second-order valence-corrected chi connectivity index (χ2v) is 10.5. The van der Waals surface area contributed by atoms with Crippen molar-refractivity contribution in [3.63, 3.8) is 0 Å². The number of piperazine rings is 1. The summed E-state index contributed by atoms with van der Waals surface area (Å²) in [4.78, 5) is 23.5. The Morgan fingerprint density at radius 1 is 1.09 bits per heavy atom. The Kier molecular flexibility index (Phi) is 6.75. The summed E-state index contributed by atoms with van der Waals surface area (Å²) in [5.74, 6) is -0.491. The van der Waals surface area contributed by atoms with Crippen LogP contribution in [0.3, 0.4) is 0 Å². The van der Waals surface area contributed by atoms with Crippen molar-refractivity contribution >= 4 is 43.4 Å². The normalized spacial score (nSPS) is 15.3. The van der Waals surface area contributed by atoms with E-state index in [1.165, 1.54) is 10.5 Å². The summed E-state index contributed by atoms with van der Waals surface area (Å²) >= 11 is 3.36. The molecule has 0 aliphatic carbocycles. The largest absolute Gasteiger partial charge is 0.382 e. The van der Waals surface area contributed by atoms with Gasteiger partial charge in [-0.25, -0.2) is 18.4 Å². The van der Waals surface area contributed by atoms with Crippen molar-refractivity contribution < 1.29 is 13.2 Å². The molecule has 1 aliphatic rings. The van der Waals surface area contributed by atoms with Gasteiger partial charge in [0, 0.05) is 41.9 Å². The smallest absolute Gasteiger partial charge is 0.278 e. The van der Waals surface area contributed by atoms with E-state index in [1.54, 1.807) is 42.5 Å². The molecule has 3 aromatic rings. The number of carbonyl (C=O) groups is 1. The fraction of sp³-hybridized carbons (Fsp3) is 0.227. The Morgan fingerprint density at radius 3 is 2.45 bits per heavy atom. The standard InChI is InChI=1S/C22H23BrN6O3S/c1-28-9-11-29(12-10-28)33(31,32)18-7-5-15(6-8-18)19-14-25-21(24)20(27-19)22(30)26-17-4-2-3-16(23)13-17/h2-8,13-14H,9-12H2,1H3,(H2,24,25)(H,26,30). The predicted molar refractivity (Wildman–Crippen MR) is 130 cm³/mol. The van der Waals surface area contributed by atoms with Crippen LogP contribution in [-0.2, 0) is 10.0 Å². The number of anilines is 2. The van der Waals surface area contributed by atoms with Gasteiger partial charge in [0.25, 0.3) is 5.91 Å². The third kappa shape index (κ3) is 5.22. The van der Waals surface area contributed by atoms with Gasteiger partial charge in [-0.3, -0.25) is 4.79 Å². The number of rotatable bonds is 5. The minimum atomic E-state index is -3.57. The van der Waals surface area contributed by atoms with Crippen molar-refractivity contribution in [3.05, 3.63) is 64.9 Å². The maximum Gasteiger partial charge on any atom is 0.278 e. The molecule has 1 aromatic heterocycles. The van der Waals surface area contributed by atoms with Crippen LogP contribution in [0.5, 0.6) is 0 Å². The fourth-order valence-corrected chi connectivity index (χ4v) is 5.26. The van der Waals surface area contributed by atoms with Crippen LogP contribution in [0.25, 0.3) is 11.3 Å². The number of hydrogen-bond donors (Lipinski definition) is 2. The van der Waals surface area contributed by atoms with Crippen molar-refractivity contribution in [1.82, 2.24) is 19.2 Å². The number of benzene rings is 2. The van der Waals surface area contributed by atoms with E-state index >= 15 is 0 Å². The van der Waals surface area contributed by atoms with Gasteiger partial charge in [-0.1, -0.05) is 34.1 Å². The number of nitrogen functional groups attached to an aromatic ring is 1. The van der Waals surface area contributed by atoms with Crippen molar-refractivity contribution in [3.8, 4) is 11.3 Å². The van der Waals surface area contributed by atoms with Gasteiger partial charge < -0.3 is 16.0 Å². The van der Waals surface area contributed by atoms with Crippen LogP contribution in [0.1, 0.15) is 10.5 Å². The van der Waals surface area contributed by atoms with E-state index in [2.05, 4.69) is 36.1 Å². The summed E-state index contributed by atoms with van der Waals surface area (Å²) in [7, 11) is -1.60. The van der Waals surface area contributed by atoms with Crippen molar-refractivity contribution in [2.45, 2.75) is 4.90 Å². The van der Waals surface area contributed by atoms with Crippen LogP contribution in [0.15, 0.2) is 64.1 Å². The number of amides is 1. The molecule has 11 heteroatoms. The number of nitrogens with zero attached hydrogens (tertiary/aromatic N) is 4. The predicted octanol–water partition coefficient (Wildman–Crippen LogP) is 2.68. The molecule has 0 radical (unpaired) electrons. The number of nitrogens with one attached hydrogen (secondary N) is 1. The molecule has 1 saturated heterocycles. The quantitative estimate of drug-likeness (QED) is 0.519. The van der Waals surface area contributed by atoms with E-state index in [0.717, 1.165) is 4.47 Å². The Bertz CT molecular complexity index is 1280. The van der Waals surface area contributed by atoms with Gasteiger partial charge in [0.2, 0.25) is 10.0 Å².